The molecule has 1 aromatic heterocycles. The molecule has 1 aromatic carbocycles. The monoisotopic (exact) mass is 362 g/mol. The van der Waals surface area contributed by atoms with Crippen molar-refractivity contribution in [1.82, 2.24) is 9.97 Å². The zero-order valence-corrected chi connectivity index (χ0v) is 15.4. The molecule has 2 heterocycles. The summed E-state index contributed by atoms with van der Waals surface area (Å²) in [5.41, 5.74) is 2.70. The second kappa shape index (κ2) is 6.87. The minimum absolute atomic E-state index is 0.124. The van der Waals surface area contributed by atoms with E-state index in [1.54, 1.807) is 7.11 Å². The molecule has 2 aromatic rings. The molecular formula is C17H22N4O3S. The van der Waals surface area contributed by atoms with Crippen molar-refractivity contribution in [3.8, 4) is 5.75 Å². The van der Waals surface area contributed by atoms with Crippen LogP contribution in [-0.2, 0) is 9.84 Å². The predicted octanol–water partition coefficient (Wildman–Crippen LogP) is 2.44. The minimum atomic E-state index is -2.95. The first kappa shape index (κ1) is 17.5. The largest absolute Gasteiger partial charge is 0.495 e. The molecule has 0 bridgehead atoms. The van der Waals surface area contributed by atoms with Crippen LogP contribution in [-0.4, -0.2) is 43.0 Å². The molecule has 1 saturated heterocycles. The highest BCUT2D eigenvalue weighted by molar-refractivity contribution is 7.91. The quantitative estimate of drug-likeness (QED) is 0.844. The molecule has 1 unspecified atom stereocenters. The van der Waals surface area contributed by atoms with Crippen molar-refractivity contribution in [2.45, 2.75) is 26.3 Å². The Morgan fingerprint density at radius 1 is 1.20 bits per heavy atom. The number of aromatic nitrogens is 2. The lowest BCUT2D eigenvalue weighted by atomic mass is 10.2. The summed E-state index contributed by atoms with van der Waals surface area (Å²) in [4.78, 5) is 8.82. The number of aryl methyl sites for hydroxylation is 2. The van der Waals surface area contributed by atoms with Crippen LogP contribution < -0.4 is 15.4 Å². The summed E-state index contributed by atoms with van der Waals surface area (Å²) in [6, 6.07) is 7.54. The van der Waals surface area contributed by atoms with E-state index in [0.29, 0.717) is 18.2 Å². The zero-order valence-electron chi connectivity index (χ0n) is 14.5. The van der Waals surface area contributed by atoms with Crippen molar-refractivity contribution in [2.24, 2.45) is 0 Å². The van der Waals surface area contributed by atoms with E-state index in [9.17, 15) is 8.42 Å². The van der Waals surface area contributed by atoms with E-state index >= 15 is 0 Å². The molecule has 0 spiro atoms. The number of hydrogen-bond donors (Lipinski definition) is 2. The molecule has 8 heteroatoms. The van der Waals surface area contributed by atoms with Crippen LogP contribution in [0.25, 0.3) is 0 Å². The van der Waals surface area contributed by atoms with Crippen molar-refractivity contribution in [3.63, 3.8) is 0 Å². The summed E-state index contributed by atoms with van der Waals surface area (Å²) < 4.78 is 28.6. The molecule has 0 amide bonds. The Balaban J connectivity index is 1.81. The number of nitrogens with one attached hydrogen (secondary N) is 2. The summed E-state index contributed by atoms with van der Waals surface area (Å²) in [5.74, 6) is 2.11. The van der Waals surface area contributed by atoms with Gasteiger partial charge in [0.25, 0.3) is 0 Å². The van der Waals surface area contributed by atoms with Gasteiger partial charge in [0.1, 0.15) is 11.6 Å². The van der Waals surface area contributed by atoms with E-state index in [0.717, 1.165) is 22.7 Å². The van der Waals surface area contributed by atoms with E-state index in [1.807, 2.05) is 38.1 Å². The number of benzene rings is 1. The van der Waals surface area contributed by atoms with Gasteiger partial charge < -0.3 is 15.4 Å². The van der Waals surface area contributed by atoms with Crippen LogP contribution in [0.3, 0.4) is 0 Å². The highest BCUT2D eigenvalue weighted by atomic mass is 32.2. The Hall–Kier alpha value is -2.35. The Morgan fingerprint density at radius 3 is 2.68 bits per heavy atom. The molecule has 0 aliphatic carbocycles. The second-order valence-electron chi connectivity index (χ2n) is 6.29. The van der Waals surface area contributed by atoms with Gasteiger partial charge in [0.15, 0.2) is 9.84 Å². The molecular weight excluding hydrogens is 340 g/mol. The van der Waals surface area contributed by atoms with Crippen LogP contribution in [0.15, 0.2) is 24.3 Å². The first-order chi connectivity index (χ1) is 11.8. The van der Waals surface area contributed by atoms with Gasteiger partial charge in [-0.3, -0.25) is 0 Å². The van der Waals surface area contributed by atoms with E-state index in [-0.39, 0.29) is 17.5 Å². The van der Waals surface area contributed by atoms with Gasteiger partial charge >= 0.3 is 0 Å². The molecule has 0 radical (unpaired) electrons. The molecule has 7 nitrogen and oxygen atoms in total. The van der Waals surface area contributed by atoms with Gasteiger partial charge in [0.2, 0.25) is 5.95 Å². The van der Waals surface area contributed by atoms with E-state index in [1.165, 1.54) is 0 Å². The van der Waals surface area contributed by atoms with Crippen LogP contribution in [0.2, 0.25) is 0 Å². The summed E-state index contributed by atoms with van der Waals surface area (Å²) in [5, 5.41) is 6.38. The van der Waals surface area contributed by atoms with Crippen LogP contribution >= 0.6 is 0 Å². The average Bonchev–Trinajstić information content (AvgIpc) is 2.85. The van der Waals surface area contributed by atoms with Crippen molar-refractivity contribution in [3.05, 3.63) is 35.5 Å². The number of methoxy groups -OCH3 is 1. The Bertz CT molecular complexity index is 883. The van der Waals surface area contributed by atoms with Crippen molar-refractivity contribution in [1.29, 1.82) is 0 Å². The fourth-order valence-corrected chi connectivity index (χ4v) is 4.52. The molecule has 1 atom stereocenters. The second-order valence-corrected chi connectivity index (χ2v) is 8.52. The molecule has 25 heavy (non-hydrogen) atoms. The molecule has 1 aliphatic rings. The normalized spacial score (nSPS) is 18.8. The maximum atomic E-state index is 11.6. The maximum absolute atomic E-state index is 11.6. The number of anilines is 3. The lowest BCUT2D eigenvalue weighted by Gasteiger charge is -2.15. The van der Waals surface area contributed by atoms with E-state index in [4.69, 9.17) is 4.74 Å². The smallest absolute Gasteiger partial charge is 0.225 e. The van der Waals surface area contributed by atoms with Gasteiger partial charge in [-0.15, -0.1) is 0 Å². The number of ether oxygens (including phenoxy) is 1. The summed E-state index contributed by atoms with van der Waals surface area (Å²) in [6.07, 6.45) is 0.577. The molecule has 134 valence electrons. The van der Waals surface area contributed by atoms with Crippen LogP contribution in [0, 0.1) is 13.8 Å². The van der Waals surface area contributed by atoms with Gasteiger partial charge in [0, 0.05) is 17.8 Å². The first-order valence-electron chi connectivity index (χ1n) is 8.09. The predicted molar refractivity (Wildman–Crippen MR) is 98.5 cm³/mol. The number of hydrogen-bond acceptors (Lipinski definition) is 7. The highest BCUT2D eigenvalue weighted by Crippen LogP contribution is 2.28. The van der Waals surface area contributed by atoms with E-state index in [2.05, 4.69) is 20.6 Å². The fourth-order valence-electron chi connectivity index (χ4n) is 2.85. The molecule has 1 fully saturated rings. The van der Waals surface area contributed by atoms with Gasteiger partial charge in [-0.1, -0.05) is 6.07 Å². The molecule has 0 saturated carbocycles. The third-order valence-electron chi connectivity index (χ3n) is 4.04. The Morgan fingerprint density at radius 2 is 2.00 bits per heavy atom. The van der Waals surface area contributed by atoms with Crippen LogP contribution in [0.4, 0.5) is 17.5 Å². The van der Waals surface area contributed by atoms with Gasteiger partial charge in [-0.25, -0.2) is 13.4 Å². The third-order valence-corrected chi connectivity index (χ3v) is 5.81. The van der Waals surface area contributed by atoms with Crippen molar-refractivity contribution in [2.75, 3.05) is 29.2 Å². The fraction of sp³-hybridized carbons (Fsp3) is 0.412. The SMILES string of the molecule is COc1ccc(C)cc1Nc1cc(C)nc(NC2CCS(=O)(=O)C2)n1. The Kier molecular flexibility index (Phi) is 4.80. The molecule has 3 rings (SSSR count). The number of nitrogens with zero attached hydrogens (tertiary/aromatic N) is 2. The maximum Gasteiger partial charge on any atom is 0.225 e. The van der Waals surface area contributed by atoms with Crippen molar-refractivity contribution < 1.29 is 13.2 Å². The topological polar surface area (TPSA) is 93.2 Å². The van der Waals surface area contributed by atoms with Gasteiger partial charge in [0.05, 0.1) is 24.3 Å². The molecule has 2 N–H and O–H groups in total. The van der Waals surface area contributed by atoms with Crippen LogP contribution in [0.1, 0.15) is 17.7 Å². The summed E-state index contributed by atoms with van der Waals surface area (Å²) in [6.45, 7) is 3.88. The van der Waals surface area contributed by atoms with E-state index < -0.39 is 9.84 Å². The minimum Gasteiger partial charge on any atom is -0.495 e. The zero-order chi connectivity index (χ0) is 18.0. The average molecular weight is 362 g/mol. The lowest BCUT2D eigenvalue weighted by Crippen LogP contribution is -2.22. The lowest BCUT2D eigenvalue weighted by molar-refractivity contribution is 0.416. The third kappa shape index (κ3) is 4.39. The summed E-state index contributed by atoms with van der Waals surface area (Å²) >= 11 is 0. The Labute approximate surface area is 147 Å². The molecule has 1 aliphatic heterocycles. The number of sulfone groups is 1. The summed E-state index contributed by atoms with van der Waals surface area (Å²) in [7, 11) is -1.33. The standard InChI is InChI=1S/C17H22N4O3S/c1-11-4-5-15(24-3)14(8-11)20-16-9-12(2)18-17(21-16)19-13-6-7-25(22,23)10-13/h4-5,8-9,13H,6-7,10H2,1-3H3,(H2,18,19,20,21). The van der Waals surface area contributed by atoms with Gasteiger partial charge in [-0.2, -0.15) is 4.98 Å². The highest BCUT2D eigenvalue weighted by Gasteiger charge is 2.28. The van der Waals surface area contributed by atoms with Crippen LogP contribution in [0.5, 0.6) is 5.75 Å². The van der Waals surface area contributed by atoms with Gasteiger partial charge in [-0.05, 0) is 38.0 Å². The van der Waals surface area contributed by atoms with Crippen molar-refractivity contribution >= 4 is 27.3 Å². The first-order valence-corrected chi connectivity index (χ1v) is 9.91. The number of rotatable bonds is 5.